The van der Waals surface area contributed by atoms with Crippen LogP contribution in [0, 0.1) is 0 Å². The van der Waals surface area contributed by atoms with Crippen molar-refractivity contribution in [1.82, 2.24) is 4.98 Å². The molecule has 0 fully saturated rings. The number of carbonyl (C=O) groups is 1. The molecule has 1 aromatic rings. The first-order chi connectivity index (χ1) is 6.27. The fraction of sp³-hybridized carbons (Fsp3) is 0.333. The summed E-state index contributed by atoms with van der Waals surface area (Å²) in [6.45, 7) is 0. The van der Waals surface area contributed by atoms with E-state index < -0.39 is 0 Å². The molecule has 0 aliphatic heterocycles. The van der Waals surface area contributed by atoms with E-state index in [9.17, 15) is 4.79 Å². The normalized spacial score (nSPS) is 8.46. The minimum absolute atomic E-state index is 0.305. The van der Waals surface area contributed by atoms with Gasteiger partial charge >= 0.3 is 0 Å². The van der Waals surface area contributed by atoms with E-state index in [1.54, 1.807) is 12.4 Å². The molecule has 0 spiro atoms. The highest BCUT2D eigenvalue weighted by Crippen LogP contribution is 1.94. The molecule has 1 heterocycles. The molecule has 0 saturated carbocycles. The van der Waals surface area contributed by atoms with Crippen molar-refractivity contribution < 1.29 is 4.79 Å². The average molecular weight is 220 g/mol. The van der Waals surface area contributed by atoms with Gasteiger partial charge in [-0.05, 0) is 30.2 Å². The molecule has 0 N–H and O–H groups in total. The van der Waals surface area contributed by atoms with Gasteiger partial charge in [0.05, 0.1) is 0 Å². The highest BCUT2D eigenvalue weighted by molar-refractivity contribution is 6.63. The van der Waals surface area contributed by atoms with E-state index in [4.69, 9.17) is 23.2 Å². The number of pyridine rings is 1. The van der Waals surface area contributed by atoms with Gasteiger partial charge in [-0.15, -0.1) is 11.6 Å². The molecule has 0 saturated heterocycles. The van der Waals surface area contributed by atoms with Crippen LogP contribution in [0.15, 0.2) is 30.6 Å². The van der Waals surface area contributed by atoms with E-state index in [0.29, 0.717) is 18.7 Å². The van der Waals surface area contributed by atoms with E-state index in [-0.39, 0.29) is 5.24 Å². The second-order valence-electron chi connectivity index (χ2n) is 2.17. The minimum atomic E-state index is -0.305. The van der Waals surface area contributed by atoms with E-state index in [2.05, 4.69) is 4.98 Å². The molecule has 0 unspecified atom stereocenters. The van der Waals surface area contributed by atoms with E-state index in [1.807, 2.05) is 18.2 Å². The van der Waals surface area contributed by atoms with Crippen molar-refractivity contribution in [2.45, 2.75) is 12.8 Å². The van der Waals surface area contributed by atoms with Crippen LogP contribution in [0.5, 0.6) is 0 Å². The molecule has 1 rings (SSSR count). The number of hydrogen-bond acceptors (Lipinski definition) is 2. The molecule has 0 radical (unpaired) electrons. The molecule has 0 aliphatic carbocycles. The number of carbonyl (C=O) groups excluding carboxylic acids is 1. The van der Waals surface area contributed by atoms with Gasteiger partial charge in [0, 0.05) is 24.7 Å². The molecule has 0 bridgehead atoms. The summed E-state index contributed by atoms with van der Waals surface area (Å²) in [6, 6.07) is 5.72. The number of aromatic nitrogens is 1. The molecule has 0 aliphatic rings. The van der Waals surface area contributed by atoms with E-state index >= 15 is 0 Å². The summed E-state index contributed by atoms with van der Waals surface area (Å²) in [5, 5.41) is -0.305. The van der Waals surface area contributed by atoms with Crippen LogP contribution in [0.2, 0.25) is 0 Å². The summed E-state index contributed by atoms with van der Waals surface area (Å²) < 4.78 is 0. The maximum Gasteiger partial charge on any atom is 0.221 e. The molecule has 72 valence electrons. The number of hydrogen-bond donors (Lipinski definition) is 0. The lowest BCUT2D eigenvalue weighted by molar-refractivity contribution is -0.111. The van der Waals surface area contributed by atoms with Crippen LogP contribution in [-0.2, 0) is 4.79 Å². The summed E-state index contributed by atoms with van der Waals surface area (Å²) in [4.78, 5) is 13.7. The SMILES string of the molecule is O=C(Cl)CCCCl.c1ccncc1. The van der Waals surface area contributed by atoms with Gasteiger partial charge in [-0.25, -0.2) is 0 Å². The molecule has 13 heavy (non-hydrogen) atoms. The van der Waals surface area contributed by atoms with E-state index in [0.717, 1.165) is 0 Å². The summed E-state index contributed by atoms with van der Waals surface area (Å²) >= 11 is 10.2. The van der Waals surface area contributed by atoms with Crippen LogP contribution >= 0.6 is 23.2 Å². The van der Waals surface area contributed by atoms with Gasteiger partial charge in [-0.3, -0.25) is 9.78 Å². The zero-order valence-corrected chi connectivity index (χ0v) is 8.63. The molecule has 0 aromatic carbocycles. The van der Waals surface area contributed by atoms with Crippen molar-refractivity contribution in [3.63, 3.8) is 0 Å². The highest BCUT2D eigenvalue weighted by atomic mass is 35.5. The van der Waals surface area contributed by atoms with Crippen LogP contribution in [-0.4, -0.2) is 16.1 Å². The third-order valence-corrected chi connectivity index (χ3v) is 1.53. The summed E-state index contributed by atoms with van der Waals surface area (Å²) in [7, 11) is 0. The van der Waals surface area contributed by atoms with Gasteiger partial charge in [-0.2, -0.15) is 0 Å². The summed E-state index contributed by atoms with van der Waals surface area (Å²) in [6.07, 6.45) is 4.58. The minimum Gasteiger partial charge on any atom is -0.281 e. The van der Waals surface area contributed by atoms with Crippen molar-refractivity contribution in [2.24, 2.45) is 0 Å². The molecular formula is C9H11Cl2NO. The van der Waals surface area contributed by atoms with Crippen LogP contribution in [0.3, 0.4) is 0 Å². The van der Waals surface area contributed by atoms with Crippen molar-refractivity contribution in [2.75, 3.05) is 5.88 Å². The quantitative estimate of drug-likeness (QED) is 0.579. The standard InChI is InChI=1S/C5H5N.C4H6Cl2O/c1-2-4-6-5-3-1;5-3-1-2-4(6)7/h1-5H;1-3H2. The van der Waals surface area contributed by atoms with E-state index in [1.165, 1.54) is 0 Å². The Morgan fingerprint density at radius 2 is 1.85 bits per heavy atom. The van der Waals surface area contributed by atoms with Crippen molar-refractivity contribution >= 4 is 28.4 Å². The maximum absolute atomic E-state index is 9.91. The van der Waals surface area contributed by atoms with Gasteiger partial charge in [0.15, 0.2) is 0 Å². The molecule has 0 amide bonds. The van der Waals surface area contributed by atoms with Gasteiger partial charge in [0.25, 0.3) is 0 Å². The largest absolute Gasteiger partial charge is 0.281 e. The Bertz CT molecular complexity index is 189. The van der Waals surface area contributed by atoms with Gasteiger partial charge in [0.2, 0.25) is 5.24 Å². The lowest BCUT2D eigenvalue weighted by atomic mass is 10.4. The predicted molar refractivity (Wildman–Crippen MR) is 55.1 cm³/mol. The van der Waals surface area contributed by atoms with Crippen molar-refractivity contribution in [3.05, 3.63) is 30.6 Å². The smallest absolute Gasteiger partial charge is 0.221 e. The monoisotopic (exact) mass is 219 g/mol. The van der Waals surface area contributed by atoms with Crippen LogP contribution < -0.4 is 0 Å². The molecule has 2 nitrogen and oxygen atoms in total. The van der Waals surface area contributed by atoms with Gasteiger partial charge in [0.1, 0.15) is 0 Å². The fourth-order valence-corrected chi connectivity index (χ4v) is 0.786. The molecule has 0 atom stereocenters. The first-order valence-electron chi connectivity index (χ1n) is 3.86. The first-order valence-corrected chi connectivity index (χ1v) is 4.78. The van der Waals surface area contributed by atoms with Crippen LogP contribution in [0.25, 0.3) is 0 Å². The Hall–Kier alpha value is -0.600. The first kappa shape index (κ1) is 12.4. The number of halogens is 2. The average Bonchev–Trinajstić information content (AvgIpc) is 2.18. The van der Waals surface area contributed by atoms with Crippen LogP contribution in [0.1, 0.15) is 12.8 Å². The zero-order valence-electron chi connectivity index (χ0n) is 7.12. The predicted octanol–water partition coefficient (Wildman–Crippen LogP) is 2.85. The number of nitrogens with zero attached hydrogens (tertiary/aromatic N) is 1. The Morgan fingerprint density at radius 3 is 2.00 bits per heavy atom. The van der Waals surface area contributed by atoms with Gasteiger partial charge < -0.3 is 0 Å². The molecule has 4 heteroatoms. The van der Waals surface area contributed by atoms with Gasteiger partial charge in [-0.1, -0.05) is 6.07 Å². The second kappa shape index (κ2) is 9.49. The lowest BCUT2D eigenvalue weighted by Crippen LogP contribution is -1.84. The summed E-state index contributed by atoms with van der Waals surface area (Å²) in [5.41, 5.74) is 0. The maximum atomic E-state index is 9.91. The fourth-order valence-electron chi connectivity index (χ4n) is 0.518. The number of rotatable bonds is 3. The molecular weight excluding hydrogens is 209 g/mol. The Labute approximate surface area is 87.9 Å². The Kier molecular flexibility index (Phi) is 9.05. The highest BCUT2D eigenvalue weighted by Gasteiger charge is 1.91. The lowest BCUT2D eigenvalue weighted by Gasteiger charge is -1.83. The van der Waals surface area contributed by atoms with Crippen molar-refractivity contribution in [3.8, 4) is 0 Å². The number of alkyl halides is 1. The van der Waals surface area contributed by atoms with Crippen molar-refractivity contribution in [1.29, 1.82) is 0 Å². The van der Waals surface area contributed by atoms with Crippen LogP contribution in [0.4, 0.5) is 0 Å². The topological polar surface area (TPSA) is 30.0 Å². The molecule has 1 aromatic heterocycles. The third kappa shape index (κ3) is 11.4. The second-order valence-corrected chi connectivity index (χ2v) is 2.97. The Balaban J connectivity index is 0.000000223. The summed E-state index contributed by atoms with van der Waals surface area (Å²) in [5.74, 6) is 0.512. The third-order valence-electron chi connectivity index (χ3n) is 1.07. The zero-order chi connectivity index (χ0) is 9.94. The Morgan fingerprint density at radius 1 is 1.23 bits per heavy atom.